The molecule has 27 heteroatoms. The monoisotopic (exact) mass is 915 g/mol. The summed E-state index contributed by atoms with van der Waals surface area (Å²) in [6.07, 6.45) is 0. The third-order valence-electron chi connectivity index (χ3n) is 8.28. The van der Waals surface area contributed by atoms with Gasteiger partial charge in [-0.25, -0.2) is 0 Å². The Labute approximate surface area is 356 Å². The van der Waals surface area contributed by atoms with Crippen LogP contribution in [0.4, 0.5) is 34.1 Å². The summed E-state index contributed by atoms with van der Waals surface area (Å²) in [6.45, 7) is 0. The summed E-state index contributed by atoms with van der Waals surface area (Å²) < 4.78 is 168. The van der Waals surface area contributed by atoms with Gasteiger partial charge in [-0.3, -0.25) is 22.8 Å². The van der Waals surface area contributed by atoms with Gasteiger partial charge in [-0.2, -0.15) is 47.2 Å². The molecule has 0 amide bonds. The van der Waals surface area contributed by atoms with Crippen LogP contribution < -0.4 is 11.5 Å². The molecular formula is C32H24N6NaO15S5. The van der Waals surface area contributed by atoms with Crippen molar-refractivity contribution in [2.24, 2.45) is 20.5 Å². The second-order valence-electron chi connectivity index (χ2n) is 12.0. The molecule has 6 aromatic rings. The van der Waals surface area contributed by atoms with Gasteiger partial charge < -0.3 is 11.5 Å². The van der Waals surface area contributed by atoms with Crippen LogP contribution in [-0.2, 0) is 50.6 Å². The number of hydrogen-bond donors (Lipinski definition) is 7. The number of benzene rings is 6. The number of hydrogen-bond acceptors (Lipinski definition) is 16. The van der Waals surface area contributed by atoms with Crippen molar-refractivity contribution in [3.8, 4) is 11.1 Å². The zero-order valence-electron chi connectivity index (χ0n) is 29.5. The minimum absolute atomic E-state index is 0. The van der Waals surface area contributed by atoms with E-state index in [0.717, 1.165) is 54.6 Å². The van der Waals surface area contributed by atoms with Gasteiger partial charge in [0, 0.05) is 40.3 Å². The molecule has 0 aliphatic carbocycles. The molecule has 0 bridgehead atoms. The molecule has 6 rings (SSSR count). The molecule has 0 heterocycles. The van der Waals surface area contributed by atoms with Crippen LogP contribution in [-0.4, -0.2) is 94.4 Å². The minimum atomic E-state index is -5.04. The molecule has 1 radical (unpaired) electrons. The Balaban J connectivity index is 0.00000661. The van der Waals surface area contributed by atoms with Crippen LogP contribution in [0.2, 0.25) is 0 Å². The topological polar surface area (TPSA) is 373 Å². The van der Waals surface area contributed by atoms with E-state index in [1.807, 2.05) is 0 Å². The van der Waals surface area contributed by atoms with Gasteiger partial charge in [0.05, 0.1) is 26.9 Å². The SMILES string of the molecule is Nc1c(S(=O)(=O)O)cc2cc(S(=O)(=O)O)ccc2c1N=Nc1ccc(-c2ccc(N=Nc3c(N)c(S(=O)(=O)O)cc4cc(S(=O)(=O)O)ccc34)c(S(=O)(=O)O)c2)cc1.[Na]. The molecule has 0 atom stereocenters. The third-order valence-corrected chi connectivity index (χ3v) is 12.7. The number of azo groups is 2. The smallest absolute Gasteiger partial charge is 0.296 e. The largest absolute Gasteiger partial charge is 0.396 e. The van der Waals surface area contributed by atoms with E-state index in [9.17, 15) is 64.9 Å². The fourth-order valence-electron chi connectivity index (χ4n) is 5.59. The van der Waals surface area contributed by atoms with E-state index in [2.05, 4.69) is 20.5 Å². The summed E-state index contributed by atoms with van der Waals surface area (Å²) in [5, 5.41) is 15.6. The first-order valence-corrected chi connectivity index (χ1v) is 22.6. The minimum Gasteiger partial charge on any atom is -0.396 e. The zero-order chi connectivity index (χ0) is 42.7. The average molecular weight is 916 g/mol. The fraction of sp³-hybridized carbons (Fsp3) is 0. The third kappa shape index (κ3) is 9.65. The molecule has 303 valence electrons. The maximum atomic E-state index is 12.5. The van der Waals surface area contributed by atoms with Gasteiger partial charge >= 0.3 is 0 Å². The Hall–Kier alpha value is -4.81. The summed E-state index contributed by atoms with van der Waals surface area (Å²) in [5.74, 6) is 0. The number of anilines is 2. The van der Waals surface area contributed by atoms with Gasteiger partial charge in [-0.15, -0.1) is 15.3 Å². The fourth-order valence-corrected chi connectivity index (χ4v) is 8.57. The first-order valence-electron chi connectivity index (χ1n) is 15.4. The van der Waals surface area contributed by atoms with Gasteiger partial charge in [0.15, 0.2) is 0 Å². The van der Waals surface area contributed by atoms with Crippen LogP contribution in [0.25, 0.3) is 32.7 Å². The molecule has 9 N–H and O–H groups in total. The van der Waals surface area contributed by atoms with Crippen LogP contribution in [0.15, 0.2) is 136 Å². The molecule has 0 unspecified atom stereocenters. The molecule has 0 aromatic heterocycles. The van der Waals surface area contributed by atoms with Crippen molar-refractivity contribution in [2.45, 2.75) is 24.5 Å². The summed E-state index contributed by atoms with van der Waals surface area (Å²) >= 11 is 0. The summed E-state index contributed by atoms with van der Waals surface area (Å²) in [7, 11) is -24.5. The number of nitrogen functional groups attached to an aromatic ring is 2. The van der Waals surface area contributed by atoms with Crippen LogP contribution in [0.5, 0.6) is 0 Å². The molecule has 59 heavy (non-hydrogen) atoms. The molecule has 0 saturated carbocycles. The molecular weight excluding hydrogens is 892 g/mol. The Morgan fingerprint density at radius 3 is 1.22 bits per heavy atom. The van der Waals surface area contributed by atoms with Gasteiger partial charge in [0.2, 0.25) is 0 Å². The van der Waals surface area contributed by atoms with E-state index in [1.165, 1.54) is 36.4 Å². The van der Waals surface area contributed by atoms with Crippen molar-refractivity contribution in [1.29, 1.82) is 0 Å². The number of rotatable bonds is 10. The maximum absolute atomic E-state index is 12.5. The van der Waals surface area contributed by atoms with E-state index < -0.39 is 97.8 Å². The summed E-state index contributed by atoms with van der Waals surface area (Å²) in [4.78, 5) is -3.73. The Kier molecular flexibility index (Phi) is 12.3. The molecule has 0 fully saturated rings. The standard InChI is InChI=1S/C32H24N6O15S5.Na/c33-29-27(57(48,49)50)14-18-11-21(54(39,40)41)6-8-23(18)31(29)37-35-20-4-1-16(2-5-20)17-3-10-25(26(13-17)56(45,46)47)36-38-32-24-9-7-22(55(42,43)44)12-19(24)15-28(30(32)34)58(51,52)53;/h1-15H,33-34H2,(H,39,40,41)(H,42,43,44)(H,45,46,47)(H,48,49,50)(H,51,52,53);. The predicted octanol–water partition coefficient (Wildman–Crippen LogP) is 5.51. The first kappa shape index (κ1) is 45.3. The Morgan fingerprint density at radius 1 is 0.407 bits per heavy atom. The molecule has 0 aliphatic rings. The Bertz CT molecular complexity index is 3380. The van der Waals surface area contributed by atoms with Crippen LogP contribution >= 0.6 is 0 Å². The van der Waals surface area contributed by atoms with Gasteiger partial charge in [-0.05, 0) is 82.6 Å². The van der Waals surface area contributed by atoms with Crippen LogP contribution in [0.3, 0.4) is 0 Å². The zero-order valence-corrected chi connectivity index (χ0v) is 35.5. The van der Waals surface area contributed by atoms with Crippen molar-refractivity contribution < 1.29 is 64.9 Å². The number of nitrogens with two attached hydrogens (primary N) is 2. The van der Waals surface area contributed by atoms with E-state index in [0.29, 0.717) is 5.56 Å². The first-order chi connectivity index (χ1) is 26.7. The molecule has 0 spiro atoms. The second-order valence-corrected chi connectivity index (χ2v) is 19.1. The predicted molar refractivity (Wildman–Crippen MR) is 212 cm³/mol. The average Bonchev–Trinajstić information content (AvgIpc) is 3.11. The van der Waals surface area contributed by atoms with Gasteiger partial charge in [0.25, 0.3) is 50.6 Å². The quantitative estimate of drug-likeness (QED) is 0.0385. The van der Waals surface area contributed by atoms with Gasteiger partial charge in [-0.1, -0.05) is 30.3 Å². The molecule has 21 nitrogen and oxygen atoms in total. The normalized spacial score (nSPS) is 13.0. The van der Waals surface area contributed by atoms with Crippen molar-refractivity contribution in [1.82, 2.24) is 0 Å². The van der Waals surface area contributed by atoms with Crippen LogP contribution in [0.1, 0.15) is 0 Å². The van der Waals surface area contributed by atoms with E-state index in [1.54, 1.807) is 0 Å². The summed E-state index contributed by atoms with van der Waals surface area (Å²) in [6, 6.07) is 16.9. The number of nitrogens with zero attached hydrogens (tertiary/aromatic N) is 4. The molecule has 6 aromatic carbocycles. The maximum Gasteiger partial charge on any atom is 0.296 e. The molecule has 0 aliphatic heterocycles. The van der Waals surface area contributed by atoms with Crippen LogP contribution in [0, 0.1) is 0 Å². The van der Waals surface area contributed by atoms with E-state index >= 15 is 0 Å². The van der Waals surface area contributed by atoms with Crippen molar-refractivity contribution in [3.63, 3.8) is 0 Å². The second kappa shape index (κ2) is 16.0. The van der Waals surface area contributed by atoms with E-state index in [4.69, 9.17) is 11.5 Å². The number of fused-ring (bicyclic) bond motifs is 2. The van der Waals surface area contributed by atoms with Gasteiger partial charge in [0.1, 0.15) is 31.7 Å². The molecule has 0 saturated heterocycles. The summed E-state index contributed by atoms with van der Waals surface area (Å²) in [5.41, 5.74) is 10.2. The van der Waals surface area contributed by atoms with Crippen molar-refractivity contribution in [2.75, 3.05) is 11.5 Å². The Morgan fingerprint density at radius 2 is 0.814 bits per heavy atom. The van der Waals surface area contributed by atoms with Crippen molar-refractivity contribution in [3.05, 3.63) is 91.0 Å². The van der Waals surface area contributed by atoms with E-state index in [-0.39, 0.29) is 68.0 Å². The van der Waals surface area contributed by atoms with Crippen molar-refractivity contribution >= 4 is 136 Å².